The molecular weight excluding hydrogens is 631 g/mol. The van der Waals surface area contributed by atoms with Crippen molar-refractivity contribution in [1.29, 1.82) is 0 Å². The van der Waals surface area contributed by atoms with Gasteiger partial charge in [-0.3, -0.25) is 0 Å². The summed E-state index contributed by atoms with van der Waals surface area (Å²) >= 11 is 3.75. The third-order valence-corrected chi connectivity index (χ3v) is 12.0. The van der Waals surface area contributed by atoms with E-state index in [1.807, 2.05) is 22.7 Å². The summed E-state index contributed by atoms with van der Waals surface area (Å²) in [5, 5.41) is 7.73. The van der Waals surface area contributed by atoms with Crippen LogP contribution in [0.15, 0.2) is 176 Å². The summed E-state index contributed by atoms with van der Waals surface area (Å²) in [5.74, 6) is 0. The van der Waals surface area contributed by atoms with E-state index in [1.54, 1.807) is 0 Å². The number of rotatable bonds is 5. The lowest BCUT2D eigenvalue weighted by Gasteiger charge is -2.29. The van der Waals surface area contributed by atoms with Gasteiger partial charge in [0.25, 0.3) is 0 Å². The Labute approximate surface area is 292 Å². The molecule has 0 spiro atoms. The van der Waals surface area contributed by atoms with E-state index in [9.17, 15) is 0 Å². The lowest BCUT2D eigenvalue weighted by Crippen LogP contribution is -2.11. The molecule has 10 aromatic rings. The number of hydrogen-bond acceptors (Lipinski definition) is 3. The summed E-state index contributed by atoms with van der Waals surface area (Å²) in [5.41, 5.74) is 8.38. The molecule has 3 heteroatoms. The topological polar surface area (TPSA) is 3.24 Å². The monoisotopic (exact) mass is 659 g/mol. The minimum absolute atomic E-state index is 1.13. The normalized spacial score (nSPS) is 11.7. The molecule has 2 aromatic heterocycles. The molecule has 230 valence electrons. The van der Waals surface area contributed by atoms with Crippen molar-refractivity contribution < 1.29 is 0 Å². The summed E-state index contributed by atoms with van der Waals surface area (Å²) in [6.45, 7) is 0. The van der Waals surface area contributed by atoms with Crippen molar-refractivity contribution >= 4 is 90.9 Å². The van der Waals surface area contributed by atoms with Gasteiger partial charge in [-0.1, -0.05) is 140 Å². The van der Waals surface area contributed by atoms with Crippen LogP contribution in [-0.4, -0.2) is 0 Å². The van der Waals surface area contributed by atoms with Gasteiger partial charge in [-0.15, -0.1) is 22.7 Å². The van der Waals surface area contributed by atoms with E-state index >= 15 is 0 Å². The largest absolute Gasteiger partial charge is 0.308 e. The average molecular weight is 660 g/mol. The Morgan fingerprint density at radius 2 is 0.939 bits per heavy atom. The highest BCUT2D eigenvalue weighted by Crippen LogP contribution is 2.50. The van der Waals surface area contributed by atoms with Crippen molar-refractivity contribution in [3.05, 3.63) is 176 Å². The Morgan fingerprint density at radius 3 is 1.76 bits per heavy atom. The molecule has 0 aliphatic carbocycles. The molecule has 0 atom stereocenters. The first-order valence-electron chi connectivity index (χ1n) is 16.6. The molecule has 10 rings (SSSR count). The molecule has 2 heterocycles. The molecule has 0 saturated carbocycles. The molecule has 0 bridgehead atoms. The summed E-state index contributed by atoms with van der Waals surface area (Å²) in [7, 11) is 0. The SMILES string of the molecule is c1ccc(-c2ccc3c(sc4ccccc43)c2N(c2ccc(-c3cccc4ccccc34)cc2)c2ccc3c(c2)sc2ccccc23)cc1. The Kier molecular flexibility index (Phi) is 6.61. The molecular formula is C46H29NS2. The van der Waals surface area contributed by atoms with Crippen LogP contribution in [0.4, 0.5) is 17.1 Å². The summed E-state index contributed by atoms with van der Waals surface area (Å²) < 4.78 is 5.20. The zero-order chi connectivity index (χ0) is 32.3. The molecule has 0 radical (unpaired) electrons. The Balaban J connectivity index is 1.25. The first kappa shape index (κ1) is 28.3. The summed E-state index contributed by atoms with van der Waals surface area (Å²) in [4.78, 5) is 2.50. The van der Waals surface area contributed by atoms with Gasteiger partial charge in [-0.2, -0.15) is 0 Å². The fourth-order valence-corrected chi connectivity index (χ4v) is 9.75. The van der Waals surface area contributed by atoms with Crippen molar-refractivity contribution in [1.82, 2.24) is 0 Å². The maximum absolute atomic E-state index is 2.50. The van der Waals surface area contributed by atoms with Crippen LogP contribution in [0.3, 0.4) is 0 Å². The third kappa shape index (κ3) is 4.66. The molecule has 1 nitrogen and oxygen atoms in total. The third-order valence-electron chi connectivity index (χ3n) is 9.68. The van der Waals surface area contributed by atoms with Crippen LogP contribution >= 0.6 is 22.7 Å². The maximum atomic E-state index is 2.50. The molecule has 0 amide bonds. The van der Waals surface area contributed by atoms with Crippen LogP contribution in [-0.2, 0) is 0 Å². The van der Waals surface area contributed by atoms with Crippen LogP contribution < -0.4 is 4.90 Å². The van der Waals surface area contributed by atoms with E-state index in [1.165, 1.54) is 79.1 Å². The summed E-state index contributed by atoms with van der Waals surface area (Å²) in [6, 6.07) is 64.4. The molecule has 0 unspecified atom stereocenters. The van der Waals surface area contributed by atoms with Crippen molar-refractivity contribution in [3.8, 4) is 22.3 Å². The zero-order valence-electron chi connectivity index (χ0n) is 26.5. The second kappa shape index (κ2) is 11.5. The molecule has 0 aliphatic rings. The highest BCUT2D eigenvalue weighted by atomic mass is 32.1. The van der Waals surface area contributed by atoms with Crippen molar-refractivity contribution in [2.24, 2.45) is 0 Å². The molecule has 8 aromatic carbocycles. The lowest BCUT2D eigenvalue weighted by atomic mass is 9.97. The minimum atomic E-state index is 1.13. The van der Waals surface area contributed by atoms with Gasteiger partial charge < -0.3 is 4.90 Å². The van der Waals surface area contributed by atoms with E-state index in [0.717, 1.165) is 11.4 Å². The van der Waals surface area contributed by atoms with Gasteiger partial charge in [0.15, 0.2) is 0 Å². The van der Waals surface area contributed by atoms with Gasteiger partial charge in [-0.05, 0) is 63.9 Å². The first-order chi connectivity index (χ1) is 24.3. The zero-order valence-corrected chi connectivity index (χ0v) is 28.1. The molecule has 0 N–H and O–H groups in total. The van der Waals surface area contributed by atoms with Crippen molar-refractivity contribution in [2.75, 3.05) is 4.90 Å². The Bertz CT molecular complexity index is 2820. The number of hydrogen-bond donors (Lipinski definition) is 0. The van der Waals surface area contributed by atoms with Gasteiger partial charge >= 0.3 is 0 Å². The summed E-state index contributed by atoms with van der Waals surface area (Å²) in [6.07, 6.45) is 0. The van der Waals surface area contributed by atoms with Crippen LogP contribution in [0.2, 0.25) is 0 Å². The van der Waals surface area contributed by atoms with E-state index in [-0.39, 0.29) is 0 Å². The van der Waals surface area contributed by atoms with Crippen molar-refractivity contribution in [2.45, 2.75) is 0 Å². The lowest BCUT2D eigenvalue weighted by molar-refractivity contribution is 1.31. The smallest absolute Gasteiger partial charge is 0.0718 e. The van der Waals surface area contributed by atoms with Crippen LogP contribution in [0.5, 0.6) is 0 Å². The highest BCUT2D eigenvalue weighted by molar-refractivity contribution is 7.26. The van der Waals surface area contributed by atoms with Gasteiger partial charge in [0.2, 0.25) is 0 Å². The average Bonchev–Trinajstić information content (AvgIpc) is 3.74. The second-order valence-electron chi connectivity index (χ2n) is 12.5. The van der Waals surface area contributed by atoms with E-state index in [2.05, 4.69) is 181 Å². The minimum Gasteiger partial charge on any atom is -0.308 e. The number of anilines is 3. The Morgan fingerprint density at radius 1 is 0.347 bits per heavy atom. The Hall–Kier alpha value is -5.74. The van der Waals surface area contributed by atoms with Gasteiger partial charge in [0.1, 0.15) is 0 Å². The maximum Gasteiger partial charge on any atom is 0.0718 e. The van der Waals surface area contributed by atoms with Gasteiger partial charge in [0, 0.05) is 52.6 Å². The molecule has 0 saturated heterocycles. The molecule has 49 heavy (non-hydrogen) atoms. The van der Waals surface area contributed by atoms with Gasteiger partial charge in [-0.25, -0.2) is 0 Å². The number of fused-ring (bicyclic) bond motifs is 7. The molecule has 0 aliphatic heterocycles. The predicted molar refractivity (Wildman–Crippen MR) is 215 cm³/mol. The first-order valence-corrected chi connectivity index (χ1v) is 18.2. The van der Waals surface area contributed by atoms with Crippen LogP contribution in [0.1, 0.15) is 0 Å². The second-order valence-corrected chi connectivity index (χ2v) is 14.6. The number of nitrogens with zero attached hydrogens (tertiary/aromatic N) is 1. The van der Waals surface area contributed by atoms with Crippen LogP contribution in [0, 0.1) is 0 Å². The standard InChI is InChI=1S/C46H29NS2/c1-2-11-31(12-3-1)37-27-28-41-39-17-7-9-20-43(39)49-46(41)45(37)47(34-25-26-40-38-16-6-8-19-42(38)48-44(40)29-34)33-23-21-32(22-24-33)36-18-10-14-30-13-4-5-15-35(30)36/h1-29H. The van der Waals surface area contributed by atoms with Crippen molar-refractivity contribution in [3.63, 3.8) is 0 Å². The quantitative estimate of drug-likeness (QED) is 0.178. The van der Waals surface area contributed by atoms with E-state index in [0.29, 0.717) is 0 Å². The predicted octanol–water partition coefficient (Wildman–Crippen LogP) is 14.4. The fraction of sp³-hybridized carbons (Fsp3) is 0. The number of thiophene rings is 2. The van der Waals surface area contributed by atoms with E-state index in [4.69, 9.17) is 0 Å². The fourth-order valence-electron chi connectivity index (χ4n) is 7.38. The molecule has 0 fully saturated rings. The van der Waals surface area contributed by atoms with E-state index < -0.39 is 0 Å². The van der Waals surface area contributed by atoms with Crippen LogP contribution in [0.25, 0.3) is 73.4 Å². The number of benzene rings is 8. The highest BCUT2D eigenvalue weighted by Gasteiger charge is 2.23. The van der Waals surface area contributed by atoms with Gasteiger partial charge in [0.05, 0.1) is 10.4 Å².